The molecule has 0 amide bonds. The average Bonchev–Trinajstić information content (AvgIpc) is 2.91. The molecule has 0 bridgehead atoms. The first kappa shape index (κ1) is 13.4. The lowest BCUT2D eigenvalue weighted by Crippen LogP contribution is -2.34. The van der Waals surface area contributed by atoms with Gasteiger partial charge in [0.25, 0.3) is 0 Å². The van der Waals surface area contributed by atoms with Crippen molar-refractivity contribution in [3.63, 3.8) is 0 Å². The van der Waals surface area contributed by atoms with Crippen molar-refractivity contribution in [3.05, 3.63) is 52.2 Å². The molecular weight excluding hydrogens is 264 g/mol. The van der Waals surface area contributed by atoms with Crippen LogP contribution in [0.3, 0.4) is 0 Å². The molecule has 20 heavy (non-hydrogen) atoms. The molecular formula is C17H20N2S. The largest absolute Gasteiger partial charge is 0.355 e. The third kappa shape index (κ3) is 2.38. The second-order valence-corrected chi connectivity index (χ2v) is 6.58. The van der Waals surface area contributed by atoms with E-state index in [0.29, 0.717) is 12.0 Å². The quantitative estimate of drug-likeness (QED) is 0.783. The smallest absolute Gasteiger partial charge is 0.108 e. The fourth-order valence-electron chi connectivity index (χ4n) is 2.81. The highest BCUT2D eigenvalue weighted by molar-refractivity contribution is 7.10. The number of aliphatic imine (C=N–C) groups is 1. The van der Waals surface area contributed by atoms with E-state index in [0.717, 1.165) is 12.1 Å². The standard InChI is InChI=1S/C17H20N2S/c1-12(2)17-18-14-8-5-4-7-13(14)11-15(19(17)3)16-9-6-10-20-16/h4-10,12,15H,11H2,1-3H3. The van der Waals surface area contributed by atoms with Gasteiger partial charge in [0.15, 0.2) is 0 Å². The molecule has 0 saturated heterocycles. The lowest BCUT2D eigenvalue weighted by molar-refractivity contribution is 0.366. The lowest BCUT2D eigenvalue weighted by Gasteiger charge is -2.30. The fraction of sp³-hybridized carbons (Fsp3) is 0.353. The van der Waals surface area contributed by atoms with Gasteiger partial charge in [0.1, 0.15) is 5.84 Å². The van der Waals surface area contributed by atoms with E-state index in [2.05, 4.69) is 67.6 Å². The molecule has 1 aliphatic rings. The molecule has 0 spiro atoms. The number of amidine groups is 1. The van der Waals surface area contributed by atoms with Gasteiger partial charge in [-0.2, -0.15) is 0 Å². The van der Waals surface area contributed by atoms with E-state index in [1.165, 1.54) is 16.3 Å². The maximum atomic E-state index is 4.93. The zero-order valence-corrected chi connectivity index (χ0v) is 13.0. The predicted molar refractivity (Wildman–Crippen MR) is 86.9 cm³/mol. The number of fused-ring (bicyclic) bond motifs is 1. The van der Waals surface area contributed by atoms with Crippen molar-refractivity contribution in [2.75, 3.05) is 7.05 Å². The Morgan fingerprint density at radius 2 is 2.00 bits per heavy atom. The minimum atomic E-state index is 0.389. The second-order valence-electron chi connectivity index (χ2n) is 5.60. The van der Waals surface area contributed by atoms with Gasteiger partial charge in [0.05, 0.1) is 11.7 Å². The molecule has 2 heterocycles. The van der Waals surface area contributed by atoms with Crippen LogP contribution in [0.25, 0.3) is 0 Å². The van der Waals surface area contributed by atoms with Crippen molar-refractivity contribution >= 4 is 22.9 Å². The molecule has 2 aromatic rings. The van der Waals surface area contributed by atoms with Crippen LogP contribution in [0.1, 0.15) is 30.3 Å². The van der Waals surface area contributed by atoms with Gasteiger partial charge in [-0.3, -0.25) is 0 Å². The van der Waals surface area contributed by atoms with Gasteiger partial charge in [-0.15, -0.1) is 11.3 Å². The summed E-state index contributed by atoms with van der Waals surface area (Å²) < 4.78 is 0. The molecule has 1 unspecified atom stereocenters. The van der Waals surface area contributed by atoms with E-state index in [-0.39, 0.29) is 0 Å². The van der Waals surface area contributed by atoms with Crippen LogP contribution in [0.2, 0.25) is 0 Å². The normalized spacial score (nSPS) is 18.7. The highest BCUT2D eigenvalue weighted by atomic mass is 32.1. The molecule has 0 aliphatic carbocycles. The monoisotopic (exact) mass is 284 g/mol. The number of thiophene rings is 1. The van der Waals surface area contributed by atoms with Crippen LogP contribution in [0.5, 0.6) is 0 Å². The summed E-state index contributed by atoms with van der Waals surface area (Å²) in [6.45, 7) is 4.43. The van der Waals surface area contributed by atoms with Crippen LogP contribution < -0.4 is 0 Å². The van der Waals surface area contributed by atoms with Gasteiger partial charge in [0, 0.05) is 17.8 Å². The van der Waals surface area contributed by atoms with Crippen LogP contribution >= 0.6 is 11.3 Å². The first-order chi connectivity index (χ1) is 9.66. The Bertz CT molecular complexity index is 614. The molecule has 1 aromatic carbocycles. The van der Waals surface area contributed by atoms with E-state index in [9.17, 15) is 0 Å². The minimum absolute atomic E-state index is 0.389. The molecule has 0 N–H and O–H groups in total. The van der Waals surface area contributed by atoms with E-state index in [1.54, 1.807) is 0 Å². The Morgan fingerprint density at radius 1 is 1.20 bits per heavy atom. The van der Waals surface area contributed by atoms with E-state index < -0.39 is 0 Å². The number of hydrogen-bond donors (Lipinski definition) is 0. The molecule has 1 aliphatic heterocycles. The maximum Gasteiger partial charge on any atom is 0.108 e. The van der Waals surface area contributed by atoms with Crippen LogP contribution in [-0.4, -0.2) is 17.8 Å². The second kappa shape index (κ2) is 5.41. The Labute approximate surface area is 124 Å². The number of benzene rings is 1. The molecule has 0 radical (unpaired) electrons. The van der Waals surface area contributed by atoms with Crippen molar-refractivity contribution in [2.45, 2.75) is 26.3 Å². The summed E-state index contributed by atoms with van der Waals surface area (Å²) in [4.78, 5) is 8.70. The third-order valence-electron chi connectivity index (χ3n) is 3.86. The lowest BCUT2D eigenvalue weighted by atomic mass is 10.0. The summed E-state index contributed by atoms with van der Waals surface area (Å²) in [6, 6.07) is 13.3. The first-order valence-corrected chi connectivity index (χ1v) is 7.97. The topological polar surface area (TPSA) is 15.6 Å². The number of hydrogen-bond acceptors (Lipinski definition) is 3. The first-order valence-electron chi connectivity index (χ1n) is 7.09. The number of likely N-dealkylation sites (N-methyl/N-ethyl adjacent to an activating group) is 1. The van der Waals surface area contributed by atoms with Gasteiger partial charge in [-0.05, 0) is 29.5 Å². The van der Waals surface area contributed by atoms with E-state index in [1.807, 2.05) is 11.3 Å². The molecule has 1 atom stereocenters. The van der Waals surface area contributed by atoms with Crippen molar-refractivity contribution in [1.29, 1.82) is 0 Å². The van der Waals surface area contributed by atoms with E-state index >= 15 is 0 Å². The molecule has 3 rings (SSSR count). The molecule has 3 heteroatoms. The summed E-state index contributed by atoms with van der Waals surface area (Å²) in [5.41, 5.74) is 2.47. The Kier molecular flexibility index (Phi) is 3.62. The van der Waals surface area contributed by atoms with Crippen molar-refractivity contribution in [3.8, 4) is 0 Å². The van der Waals surface area contributed by atoms with Crippen molar-refractivity contribution in [2.24, 2.45) is 10.9 Å². The maximum absolute atomic E-state index is 4.93. The van der Waals surface area contributed by atoms with Gasteiger partial charge < -0.3 is 4.90 Å². The number of para-hydroxylation sites is 1. The van der Waals surface area contributed by atoms with Crippen LogP contribution in [0.15, 0.2) is 46.8 Å². The molecule has 0 fully saturated rings. The minimum Gasteiger partial charge on any atom is -0.355 e. The number of rotatable bonds is 2. The summed E-state index contributed by atoms with van der Waals surface area (Å²) in [5.74, 6) is 1.60. The fourth-order valence-corrected chi connectivity index (χ4v) is 3.68. The van der Waals surface area contributed by atoms with E-state index in [4.69, 9.17) is 4.99 Å². The third-order valence-corrected chi connectivity index (χ3v) is 4.83. The molecule has 1 aromatic heterocycles. The number of nitrogens with zero attached hydrogens (tertiary/aromatic N) is 2. The van der Waals surface area contributed by atoms with Gasteiger partial charge >= 0.3 is 0 Å². The predicted octanol–water partition coefficient (Wildman–Crippen LogP) is 4.66. The van der Waals surface area contributed by atoms with Crippen LogP contribution in [0, 0.1) is 5.92 Å². The van der Waals surface area contributed by atoms with Crippen LogP contribution in [-0.2, 0) is 6.42 Å². The summed E-state index contributed by atoms with van der Waals surface area (Å²) in [5, 5.41) is 2.16. The highest BCUT2D eigenvalue weighted by Gasteiger charge is 2.26. The van der Waals surface area contributed by atoms with Crippen molar-refractivity contribution < 1.29 is 0 Å². The zero-order valence-electron chi connectivity index (χ0n) is 12.2. The van der Waals surface area contributed by atoms with Gasteiger partial charge in [0.2, 0.25) is 0 Å². The summed E-state index contributed by atoms with van der Waals surface area (Å²) >= 11 is 1.83. The van der Waals surface area contributed by atoms with Crippen LogP contribution in [0.4, 0.5) is 5.69 Å². The van der Waals surface area contributed by atoms with Gasteiger partial charge in [-0.25, -0.2) is 4.99 Å². The van der Waals surface area contributed by atoms with Crippen molar-refractivity contribution in [1.82, 2.24) is 4.90 Å². The zero-order chi connectivity index (χ0) is 14.1. The Balaban J connectivity index is 2.10. The molecule has 2 nitrogen and oxygen atoms in total. The molecule has 0 saturated carbocycles. The van der Waals surface area contributed by atoms with Gasteiger partial charge in [-0.1, -0.05) is 38.1 Å². The SMILES string of the molecule is CC(C)C1=Nc2ccccc2CC(c2cccs2)N1C. The Hall–Kier alpha value is -1.61. The molecule has 104 valence electrons. The summed E-state index contributed by atoms with van der Waals surface area (Å²) in [7, 11) is 2.18. The average molecular weight is 284 g/mol. The Morgan fingerprint density at radius 3 is 2.70 bits per heavy atom. The summed E-state index contributed by atoms with van der Waals surface area (Å²) in [6.07, 6.45) is 1.02. The highest BCUT2D eigenvalue weighted by Crippen LogP contribution is 2.35.